The normalized spacial score (nSPS) is 20.1. The van der Waals surface area contributed by atoms with Crippen molar-refractivity contribution in [2.75, 3.05) is 0 Å². The highest BCUT2D eigenvalue weighted by molar-refractivity contribution is 5.09. The van der Waals surface area contributed by atoms with Crippen LogP contribution >= 0.6 is 0 Å². The Labute approximate surface area is 127 Å². The summed E-state index contributed by atoms with van der Waals surface area (Å²) in [6.07, 6.45) is 10.8. The van der Waals surface area contributed by atoms with E-state index in [2.05, 4.69) is 31.1 Å². The zero-order valence-corrected chi connectivity index (χ0v) is 14.4. The van der Waals surface area contributed by atoms with Gasteiger partial charge in [-0.2, -0.15) is 0 Å². The van der Waals surface area contributed by atoms with Crippen LogP contribution in [0.5, 0.6) is 0 Å². The van der Waals surface area contributed by atoms with Crippen LogP contribution < -0.4 is 0 Å². The van der Waals surface area contributed by atoms with Gasteiger partial charge in [-0.1, -0.05) is 53.5 Å². The van der Waals surface area contributed by atoms with Gasteiger partial charge in [0.2, 0.25) is 0 Å². The molecule has 1 nitrogen and oxygen atoms in total. The van der Waals surface area contributed by atoms with Crippen LogP contribution in [0.25, 0.3) is 0 Å². The van der Waals surface area contributed by atoms with E-state index in [1.54, 1.807) is 0 Å². The highest BCUT2D eigenvalue weighted by Crippen LogP contribution is 2.30. The fraction of sp³-hybridized carbons (Fsp3) is 0.632. The summed E-state index contributed by atoms with van der Waals surface area (Å²) in [5, 5.41) is 0. The molecule has 0 spiro atoms. The molecule has 1 heterocycles. The summed E-state index contributed by atoms with van der Waals surface area (Å²) in [5.74, 6) is 1.87. The van der Waals surface area contributed by atoms with E-state index in [0.29, 0.717) is 0 Å². The summed E-state index contributed by atoms with van der Waals surface area (Å²) < 4.78 is 0. The average Bonchev–Trinajstić information content (AvgIpc) is 2.56. The van der Waals surface area contributed by atoms with E-state index in [9.17, 15) is 0 Å². The zero-order chi connectivity index (χ0) is 15.8. The number of rotatable bonds is 2. The number of hydrogen-bond acceptors (Lipinski definition) is 1. The Kier molecular flexibility index (Phi) is 16.9. The van der Waals surface area contributed by atoms with Gasteiger partial charge in [0.1, 0.15) is 0 Å². The predicted molar refractivity (Wildman–Crippen MR) is 93.0 cm³/mol. The molecule has 0 unspecified atom stereocenters. The minimum absolute atomic E-state index is 0.912. The Balaban J connectivity index is 0. The third-order valence-corrected chi connectivity index (χ3v) is 3.38. The second-order valence-corrected chi connectivity index (χ2v) is 4.69. The highest BCUT2D eigenvalue weighted by atomic mass is 14.6. The molecular formula is C19H35N. The van der Waals surface area contributed by atoms with Crippen LogP contribution in [-0.4, -0.2) is 4.98 Å². The van der Waals surface area contributed by atoms with E-state index >= 15 is 0 Å². The molecule has 0 aromatic carbocycles. The molecule has 1 saturated carbocycles. The van der Waals surface area contributed by atoms with Crippen molar-refractivity contribution < 1.29 is 0 Å². The van der Waals surface area contributed by atoms with E-state index in [1.165, 1.54) is 37.7 Å². The first-order chi connectivity index (χ1) is 9.84. The molecule has 2 rings (SSSR count). The topological polar surface area (TPSA) is 12.9 Å². The van der Waals surface area contributed by atoms with Gasteiger partial charge in [-0.15, -0.1) is 13.2 Å². The first-order valence-electron chi connectivity index (χ1n) is 8.23. The van der Waals surface area contributed by atoms with Crippen LogP contribution in [0.15, 0.2) is 37.7 Å². The van der Waals surface area contributed by atoms with Gasteiger partial charge < -0.3 is 0 Å². The van der Waals surface area contributed by atoms with Crippen LogP contribution in [0, 0.1) is 11.8 Å². The van der Waals surface area contributed by atoms with E-state index in [4.69, 9.17) is 0 Å². The van der Waals surface area contributed by atoms with Gasteiger partial charge in [-0.3, -0.25) is 4.98 Å². The predicted octanol–water partition coefficient (Wildman–Crippen LogP) is 6.31. The van der Waals surface area contributed by atoms with E-state index in [1.807, 2.05) is 46.2 Å². The first kappa shape index (κ1) is 21.2. The summed E-state index contributed by atoms with van der Waals surface area (Å²) >= 11 is 0. The lowest BCUT2D eigenvalue weighted by molar-refractivity contribution is 0.289. The third-order valence-electron chi connectivity index (χ3n) is 3.38. The first-order valence-corrected chi connectivity index (χ1v) is 8.23. The van der Waals surface area contributed by atoms with Crippen LogP contribution in [0.4, 0.5) is 0 Å². The Morgan fingerprint density at radius 1 is 1.05 bits per heavy atom. The highest BCUT2D eigenvalue weighted by Gasteiger charge is 2.18. The molecule has 0 amide bonds. The molecular weight excluding hydrogens is 242 g/mol. The summed E-state index contributed by atoms with van der Waals surface area (Å²) in [7, 11) is 0. The number of nitrogens with zero attached hydrogens (tertiary/aromatic N) is 1. The smallest absolute Gasteiger partial charge is 0.0299 e. The number of aromatic nitrogens is 1. The molecule has 0 N–H and O–H groups in total. The van der Waals surface area contributed by atoms with Crippen LogP contribution in [0.1, 0.15) is 65.9 Å². The van der Waals surface area contributed by atoms with Crippen molar-refractivity contribution in [3.05, 3.63) is 43.2 Å². The van der Waals surface area contributed by atoms with Crippen LogP contribution in [0.2, 0.25) is 0 Å². The fourth-order valence-corrected chi connectivity index (χ4v) is 2.39. The molecule has 0 saturated heterocycles. The van der Waals surface area contributed by atoms with Crippen molar-refractivity contribution in [3.63, 3.8) is 0 Å². The van der Waals surface area contributed by atoms with Gasteiger partial charge in [0.05, 0.1) is 0 Å². The quantitative estimate of drug-likeness (QED) is 0.578. The molecule has 0 aliphatic heterocycles. The second kappa shape index (κ2) is 15.9. The van der Waals surface area contributed by atoms with Gasteiger partial charge in [-0.05, 0) is 42.7 Å². The maximum Gasteiger partial charge on any atom is 0.0299 e. The van der Waals surface area contributed by atoms with Crippen LogP contribution in [-0.2, 0) is 6.42 Å². The molecule has 1 aromatic heterocycles. The van der Waals surface area contributed by atoms with Gasteiger partial charge in [0, 0.05) is 12.4 Å². The summed E-state index contributed by atoms with van der Waals surface area (Å²) in [5.41, 5.74) is 1.41. The average molecular weight is 277 g/mol. The monoisotopic (exact) mass is 277 g/mol. The Bertz CT molecular complexity index is 273. The fourth-order valence-electron chi connectivity index (χ4n) is 2.39. The van der Waals surface area contributed by atoms with Crippen molar-refractivity contribution in [3.8, 4) is 0 Å². The Morgan fingerprint density at radius 2 is 1.60 bits per heavy atom. The van der Waals surface area contributed by atoms with Crippen LogP contribution in [0.3, 0.4) is 0 Å². The van der Waals surface area contributed by atoms with E-state index in [-0.39, 0.29) is 0 Å². The van der Waals surface area contributed by atoms with Crippen molar-refractivity contribution >= 4 is 0 Å². The SMILES string of the molecule is C=C.CC.CC.CC1CCC(Cc2cccnc2)CC1. The van der Waals surface area contributed by atoms with Crippen molar-refractivity contribution in [1.82, 2.24) is 4.98 Å². The lowest BCUT2D eigenvalue weighted by Gasteiger charge is -2.25. The third kappa shape index (κ3) is 9.77. The molecule has 0 bridgehead atoms. The molecule has 1 fully saturated rings. The van der Waals surface area contributed by atoms with Crippen molar-refractivity contribution in [2.45, 2.75) is 66.7 Å². The number of hydrogen-bond donors (Lipinski definition) is 0. The van der Waals surface area contributed by atoms with Gasteiger partial charge in [-0.25, -0.2) is 0 Å². The largest absolute Gasteiger partial charge is 0.264 e. The van der Waals surface area contributed by atoms with Crippen molar-refractivity contribution in [1.29, 1.82) is 0 Å². The van der Waals surface area contributed by atoms with Gasteiger partial charge in [0.15, 0.2) is 0 Å². The second-order valence-electron chi connectivity index (χ2n) is 4.69. The Hall–Kier alpha value is -1.11. The maximum atomic E-state index is 4.17. The van der Waals surface area contributed by atoms with E-state index < -0.39 is 0 Å². The molecule has 0 radical (unpaired) electrons. The standard InChI is InChI=1S/C13H19N.2C2H6.C2H4/c1-11-4-6-12(7-5-11)9-13-3-2-8-14-10-13;3*1-2/h2-3,8,10-12H,4-7,9H2,1H3;2*1-2H3;1-2H2. The summed E-state index contributed by atoms with van der Waals surface area (Å²) in [6, 6.07) is 4.24. The summed E-state index contributed by atoms with van der Waals surface area (Å²) in [6.45, 7) is 16.4. The minimum atomic E-state index is 0.912. The van der Waals surface area contributed by atoms with Crippen molar-refractivity contribution in [2.24, 2.45) is 11.8 Å². The molecule has 1 aliphatic carbocycles. The molecule has 1 aliphatic rings. The maximum absolute atomic E-state index is 4.17. The number of pyridine rings is 1. The zero-order valence-electron chi connectivity index (χ0n) is 14.4. The minimum Gasteiger partial charge on any atom is -0.264 e. The lowest BCUT2D eigenvalue weighted by atomic mass is 9.80. The molecule has 20 heavy (non-hydrogen) atoms. The van der Waals surface area contributed by atoms with Gasteiger partial charge in [0.25, 0.3) is 0 Å². The summed E-state index contributed by atoms with van der Waals surface area (Å²) in [4.78, 5) is 4.17. The van der Waals surface area contributed by atoms with Gasteiger partial charge >= 0.3 is 0 Å². The molecule has 1 aromatic rings. The lowest BCUT2D eigenvalue weighted by Crippen LogP contribution is -2.14. The molecule has 1 heteroatoms. The molecule has 116 valence electrons. The molecule has 0 atom stereocenters. The Morgan fingerprint density at radius 3 is 2.05 bits per heavy atom. The van der Waals surface area contributed by atoms with E-state index in [0.717, 1.165) is 11.8 Å².